The van der Waals surface area contributed by atoms with Crippen molar-refractivity contribution in [2.24, 2.45) is 0 Å². The van der Waals surface area contributed by atoms with Crippen molar-refractivity contribution in [3.8, 4) is 22.9 Å². The normalized spacial score (nSPS) is 9.85. The molecule has 100 valence electrons. The van der Waals surface area contributed by atoms with Crippen LogP contribution in [0.5, 0.6) is 5.75 Å². The minimum absolute atomic E-state index is 0.141. The maximum atomic E-state index is 11.1. The van der Waals surface area contributed by atoms with Crippen LogP contribution in [0.4, 0.5) is 0 Å². The maximum absolute atomic E-state index is 11.1. The molecule has 0 atom stereocenters. The molecule has 0 aromatic heterocycles. The Morgan fingerprint density at radius 2 is 1.90 bits per heavy atom. The molecule has 0 aliphatic carbocycles. The lowest BCUT2D eigenvalue weighted by atomic mass is 9.99. The van der Waals surface area contributed by atoms with Crippen LogP contribution < -0.4 is 4.74 Å². The number of ether oxygens (including phenoxy) is 1. The van der Waals surface area contributed by atoms with Crippen molar-refractivity contribution in [3.63, 3.8) is 0 Å². The standard InChI is InChI=1S/C17H15NO2/c1-12(19)9-13-3-6-15(7-4-13)16-10-14(11-18)5-8-17(16)20-2/h3-8,10H,9H2,1-2H3. The molecule has 20 heavy (non-hydrogen) atoms. The number of nitriles is 1. The molecule has 0 fully saturated rings. The molecule has 0 heterocycles. The molecule has 2 aromatic carbocycles. The van der Waals surface area contributed by atoms with E-state index in [1.807, 2.05) is 24.3 Å². The van der Waals surface area contributed by atoms with Crippen molar-refractivity contribution in [2.75, 3.05) is 7.11 Å². The van der Waals surface area contributed by atoms with Gasteiger partial charge in [-0.3, -0.25) is 4.79 Å². The van der Waals surface area contributed by atoms with Gasteiger partial charge < -0.3 is 4.74 Å². The lowest BCUT2D eigenvalue weighted by Crippen LogP contribution is -1.96. The summed E-state index contributed by atoms with van der Waals surface area (Å²) in [4.78, 5) is 11.1. The monoisotopic (exact) mass is 265 g/mol. The number of rotatable bonds is 4. The van der Waals surface area contributed by atoms with Gasteiger partial charge in [-0.2, -0.15) is 5.26 Å². The van der Waals surface area contributed by atoms with Crippen LogP contribution in [0.15, 0.2) is 42.5 Å². The SMILES string of the molecule is COc1ccc(C#N)cc1-c1ccc(CC(C)=O)cc1. The van der Waals surface area contributed by atoms with Gasteiger partial charge in [-0.25, -0.2) is 0 Å². The zero-order valence-corrected chi connectivity index (χ0v) is 11.5. The van der Waals surface area contributed by atoms with Crippen LogP contribution in [0, 0.1) is 11.3 Å². The van der Waals surface area contributed by atoms with E-state index in [1.54, 1.807) is 32.2 Å². The Morgan fingerprint density at radius 3 is 2.45 bits per heavy atom. The molecule has 0 amide bonds. The second kappa shape index (κ2) is 6.03. The second-order valence-electron chi connectivity index (χ2n) is 4.60. The summed E-state index contributed by atoms with van der Waals surface area (Å²) in [6, 6.07) is 15.2. The maximum Gasteiger partial charge on any atom is 0.134 e. The van der Waals surface area contributed by atoms with E-state index in [9.17, 15) is 4.79 Å². The van der Waals surface area contributed by atoms with Crippen molar-refractivity contribution in [3.05, 3.63) is 53.6 Å². The van der Waals surface area contributed by atoms with Crippen molar-refractivity contribution < 1.29 is 9.53 Å². The van der Waals surface area contributed by atoms with Crippen LogP contribution in [0.25, 0.3) is 11.1 Å². The minimum atomic E-state index is 0.141. The molecular weight excluding hydrogens is 250 g/mol. The second-order valence-corrected chi connectivity index (χ2v) is 4.60. The molecule has 0 saturated carbocycles. The van der Waals surface area contributed by atoms with Crippen molar-refractivity contribution in [1.82, 2.24) is 0 Å². The summed E-state index contributed by atoms with van der Waals surface area (Å²) in [5, 5.41) is 8.99. The van der Waals surface area contributed by atoms with Gasteiger partial charge in [-0.05, 0) is 36.2 Å². The van der Waals surface area contributed by atoms with Gasteiger partial charge >= 0.3 is 0 Å². The zero-order chi connectivity index (χ0) is 14.5. The molecule has 0 aliphatic rings. The first-order valence-electron chi connectivity index (χ1n) is 6.31. The van der Waals surface area contributed by atoms with Gasteiger partial charge in [0.05, 0.1) is 18.7 Å². The third-order valence-corrected chi connectivity index (χ3v) is 3.05. The number of carbonyl (C=O) groups excluding carboxylic acids is 1. The number of nitrogens with zero attached hydrogens (tertiary/aromatic N) is 1. The van der Waals surface area contributed by atoms with Gasteiger partial charge in [0.1, 0.15) is 11.5 Å². The van der Waals surface area contributed by atoms with Gasteiger partial charge in [-0.1, -0.05) is 24.3 Å². The van der Waals surface area contributed by atoms with E-state index in [1.165, 1.54) is 0 Å². The summed E-state index contributed by atoms with van der Waals surface area (Å²) >= 11 is 0. The smallest absolute Gasteiger partial charge is 0.134 e. The molecule has 0 unspecified atom stereocenters. The fourth-order valence-electron chi connectivity index (χ4n) is 2.09. The molecule has 0 spiro atoms. The molecular formula is C17H15NO2. The number of hydrogen-bond donors (Lipinski definition) is 0. The number of carbonyl (C=O) groups is 1. The molecule has 2 rings (SSSR count). The van der Waals surface area contributed by atoms with Crippen molar-refractivity contribution in [1.29, 1.82) is 5.26 Å². The van der Waals surface area contributed by atoms with E-state index in [0.717, 1.165) is 22.4 Å². The lowest BCUT2D eigenvalue weighted by Gasteiger charge is -2.09. The number of hydrogen-bond acceptors (Lipinski definition) is 3. The van der Waals surface area contributed by atoms with Crippen LogP contribution in [0.1, 0.15) is 18.1 Å². The predicted octanol–water partition coefficient (Wildman–Crippen LogP) is 3.37. The Morgan fingerprint density at radius 1 is 1.20 bits per heavy atom. The van der Waals surface area contributed by atoms with Crippen molar-refractivity contribution >= 4 is 5.78 Å². The van der Waals surface area contributed by atoms with E-state index >= 15 is 0 Å². The van der Waals surface area contributed by atoms with E-state index < -0.39 is 0 Å². The number of methoxy groups -OCH3 is 1. The summed E-state index contributed by atoms with van der Waals surface area (Å²) in [7, 11) is 1.61. The van der Waals surface area contributed by atoms with E-state index in [2.05, 4.69) is 6.07 Å². The summed E-state index contributed by atoms with van der Waals surface area (Å²) < 4.78 is 5.33. The summed E-state index contributed by atoms with van der Waals surface area (Å²) in [5.41, 5.74) is 3.41. The largest absolute Gasteiger partial charge is 0.496 e. The van der Waals surface area contributed by atoms with Gasteiger partial charge in [0.25, 0.3) is 0 Å². The molecule has 0 aliphatic heterocycles. The van der Waals surface area contributed by atoms with Crippen LogP contribution in [-0.4, -0.2) is 12.9 Å². The molecule has 3 nitrogen and oxygen atoms in total. The Balaban J connectivity index is 2.40. The van der Waals surface area contributed by atoms with E-state index in [0.29, 0.717) is 12.0 Å². The Bertz CT molecular complexity index is 666. The number of Topliss-reactive ketones (excluding diaryl/α,β-unsaturated/α-hetero) is 1. The van der Waals surface area contributed by atoms with Gasteiger partial charge in [0, 0.05) is 12.0 Å². The number of benzene rings is 2. The third kappa shape index (κ3) is 3.04. The van der Waals surface area contributed by atoms with E-state index in [-0.39, 0.29) is 5.78 Å². The molecule has 0 bridgehead atoms. The highest BCUT2D eigenvalue weighted by Gasteiger charge is 2.07. The van der Waals surface area contributed by atoms with Crippen LogP contribution >= 0.6 is 0 Å². The third-order valence-electron chi connectivity index (χ3n) is 3.05. The lowest BCUT2D eigenvalue weighted by molar-refractivity contribution is -0.116. The van der Waals surface area contributed by atoms with Crippen LogP contribution in [0.2, 0.25) is 0 Å². The first-order valence-corrected chi connectivity index (χ1v) is 6.31. The average Bonchev–Trinajstić information content (AvgIpc) is 2.46. The van der Waals surface area contributed by atoms with E-state index in [4.69, 9.17) is 10.00 Å². The Kier molecular flexibility index (Phi) is 4.17. The first kappa shape index (κ1) is 13.8. The Hall–Kier alpha value is -2.60. The highest BCUT2D eigenvalue weighted by atomic mass is 16.5. The summed E-state index contributed by atoms with van der Waals surface area (Å²) in [6.07, 6.45) is 0.440. The molecule has 0 N–H and O–H groups in total. The fourth-order valence-corrected chi connectivity index (χ4v) is 2.09. The number of ketones is 1. The van der Waals surface area contributed by atoms with Gasteiger partial charge in [0.2, 0.25) is 0 Å². The van der Waals surface area contributed by atoms with Gasteiger partial charge in [0.15, 0.2) is 0 Å². The summed E-state index contributed by atoms with van der Waals surface area (Å²) in [6.45, 7) is 1.58. The van der Waals surface area contributed by atoms with Crippen LogP contribution in [0.3, 0.4) is 0 Å². The van der Waals surface area contributed by atoms with Crippen LogP contribution in [-0.2, 0) is 11.2 Å². The zero-order valence-electron chi connectivity index (χ0n) is 11.5. The highest BCUT2D eigenvalue weighted by Crippen LogP contribution is 2.31. The summed E-state index contributed by atoms with van der Waals surface area (Å²) in [5.74, 6) is 0.866. The highest BCUT2D eigenvalue weighted by molar-refractivity contribution is 5.79. The minimum Gasteiger partial charge on any atom is -0.496 e. The molecule has 3 heteroatoms. The average molecular weight is 265 g/mol. The molecule has 0 radical (unpaired) electrons. The topological polar surface area (TPSA) is 50.1 Å². The quantitative estimate of drug-likeness (QED) is 0.851. The molecule has 2 aromatic rings. The molecule has 0 saturated heterocycles. The Labute approximate surface area is 118 Å². The predicted molar refractivity (Wildman–Crippen MR) is 77.5 cm³/mol. The first-order chi connectivity index (χ1) is 9.63. The van der Waals surface area contributed by atoms with Crippen molar-refractivity contribution in [2.45, 2.75) is 13.3 Å². The fraction of sp³-hybridized carbons (Fsp3) is 0.176. The van der Waals surface area contributed by atoms with Gasteiger partial charge in [-0.15, -0.1) is 0 Å².